The monoisotopic (exact) mass is 339 g/mol. The van der Waals surface area contributed by atoms with E-state index >= 15 is 0 Å². The summed E-state index contributed by atoms with van der Waals surface area (Å²) in [5.74, 6) is 0.183. The van der Waals surface area contributed by atoms with Crippen LogP contribution in [0.3, 0.4) is 0 Å². The van der Waals surface area contributed by atoms with Crippen molar-refractivity contribution in [2.75, 3.05) is 12.4 Å². The number of nitrogens with one attached hydrogen (secondary N) is 1. The van der Waals surface area contributed by atoms with Gasteiger partial charge in [0, 0.05) is 12.6 Å². The molecule has 1 aromatic carbocycles. The van der Waals surface area contributed by atoms with Gasteiger partial charge in [0.2, 0.25) is 0 Å². The van der Waals surface area contributed by atoms with Crippen LogP contribution in [0.4, 0.5) is 10.2 Å². The highest BCUT2D eigenvalue weighted by atomic mass is 79.9. The Hall–Kier alpha value is -1.69. The minimum Gasteiger partial charge on any atom is -0.505 e. The summed E-state index contributed by atoms with van der Waals surface area (Å²) in [6.45, 7) is 4.04. The minimum atomic E-state index is -0.689. The van der Waals surface area contributed by atoms with Gasteiger partial charge in [0.1, 0.15) is 5.82 Å². The van der Waals surface area contributed by atoms with Crippen LogP contribution >= 0.6 is 15.9 Å². The Bertz CT molecular complexity index is 647. The first kappa shape index (κ1) is 14.7. The van der Waals surface area contributed by atoms with E-state index in [1.165, 1.54) is 12.1 Å². The fourth-order valence-electron chi connectivity index (χ4n) is 1.79. The smallest absolute Gasteiger partial charge is 0.165 e. The van der Waals surface area contributed by atoms with Crippen LogP contribution in [0.25, 0.3) is 11.4 Å². The van der Waals surface area contributed by atoms with Gasteiger partial charge in [-0.2, -0.15) is 0 Å². The maximum absolute atomic E-state index is 13.5. The number of benzene rings is 1. The number of hydrogen-bond donors (Lipinski definition) is 2. The number of nitrogens with zero attached hydrogens (tertiary/aromatic N) is 2. The lowest BCUT2D eigenvalue weighted by Crippen LogP contribution is -2.04. The van der Waals surface area contributed by atoms with Crippen molar-refractivity contribution < 1.29 is 9.50 Å². The molecule has 0 aliphatic rings. The zero-order chi connectivity index (χ0) is 14.9. The van der Waals surface area contributed by atoms with Gasteiger partial charge in [-0.05, 0) is 40.0 Å². The Labute approximate surface area is 125 Å². The first-order valence-corrected chi connectivity index (χ1v) is 6.97. The van der Waals surface area contributed by atoms with Crippen molar-refractivity contribution in [2.24, 2.45) is 0 Å². The predicted octanol–water partition coefficient (Wildman–Crippen LogP) is 3.92. The van der Waals surface area contributed by atoms with Gasteiger partial charge in [0.05, 0.1) is 10.2 Å². The molecule has 0 spiro atoms. The molecule has 4 nitrogen and oxygen atoms in total. The SMILES string of the molecule is CNc1nc(-c2ccc(O)c(F)c2)nc(C(C)C)c1Br. The van der Waals surface area contributed by atoms with Crippen molar-refractivity contribution in [1.29, 1.82) is 0 Å². The summed E-state index contributed by atoms with van der Waals surface area (Å²) in [7, 11) is 1.76. The quantitative estimate of drug-likeness (QED) is 0.889. The van der Waals surface area contributed by atoms with Crippen LogP contribution in [0.1, 0.15) is 25.5 Å². The van der Waals surface area contributed by atoms with E-state index in [0.29, 0.717) is 17.2 Å². The molecule has 2 N–H and O–H groups in total. The number of rotatable bonds is 3. The summed E-state index contributed by atoms with van der Waals surface area (Å²) in [6.07, 6.45) is 0. The Morgan fingerprint density at radius 1 is 1.30 bits per heavy atom. The molecule has 0 aliphatic carbocycles. The summed E-state index contributed by atoms with van der Waals surface area (Å²) >= 11 is 3.47. The standard InChI is InChI=1S/C14H15BrFN3O/c1-7(2)12-11(15)14(17-3)19-13(18-12)8-4-5-10(20)9(16)6-8/h4-7,20H,1-3H3,(H,17,18,19). The number of aromatic hydroxyl groups is 1. The fraction of sp³-hybridized carbons (Fsp3) is 0.286. The van der Waals surface area contributed by atoms with Gasteiger partial charge < -0.3 is 10.4 Å². The number of phenols is 1. The first-order valence-electron chi connectivity index (χ1n) is 6.18. The van der Waals surface area contributed by atoms with Crippen molar-refractivity contribution in [1.82, 2.24) is 9.97 Å². The zero-order valence-electron chi connectivity index (χ0n) is 11.4. The van der Waals surface area contributed by atoms with E-state index in [0.717, 1.165) is 10.2 Å². The fourth-order valence-corrected chi connectivity index (χ4v) is 2.62. The van der Waals surface area contributed by atoms with Crippen molar-refractivity contribution in [3.63, 3.8) is 0 Å². The Morgan fingerprint density at radius 2 is 2.00 bits per heavy atom. The molecule has 0 unspecified atom stereocenters. The third kappa shape index (κ3) is 2.75. The minimum absolute atomic E-state index is 0.195. The van der Waals surface area contributed by atoms with Crippen LogP contribution in [0.2, 0.25) is 0 Å². The number of anilines is 1. The van der Waals surface area contributed by atoms with Crippen LogP contribution in [-0.2, 0) is 0 Å². The molecule has 0 saturated carbocycles. The molecule has 0 saturated heterocycles. The largest absolute Gasteiger partial charge is 0.505 e. The lowest BCUT2D eigenvalue weighted by molar-refractivity contribution is 0.432. The van der Waals surface area contributed by atoms with Gasteiger partial charge in [-0.25, -0.2) is 14.4 Å². The molecule has 0 amide bonds. The van der Waals surface area contributed by atoms with E-state index in [4.69, 9.17) is 0 Å². The van der Waals surface area contributed by atoms with Crippen molar-refractivity contribution >= 4 is 21.7 Å². The molecule has 1 heterocycles. The highest BCUT2D eigenvalue weighted by Gasteiger charge is 2.16. The molecule has 20 heavy (non-hydrogen) atoms. The lowest BCUT2D eigenvalue weighted by Gasteiger charge is -2.13. The number of hydrogen-bond acceptors (Lipinski definition) is 4. The molecule has 0 atom stereocenters. The highest BCUT2D eigenvalue weighted by Crippen LogP contribution is 2.32. The van der Waals surface area contributed by atoms with Crippen LogP contribution in [-0.4, -0.2) is 22.1 Å². The second kappa shape index (κ2) is 5.75. The van der Waals surface area contributed by atoms with E-state index in [9.17, 15) is 9.50 Å². The number of phenolic OH excluding ortho intramolecular Hbond substituents is 1. The van der Waals surface area contributed by atoms with Crippen molar-refractivity contribution in [3.8, 4) is 17.1 Å². The Balaban J connectivity index is 2.61. The summed E-state index contributed by atoms with van der Waals surface area (Å²) in [5.41, 5.74) is 1.36. The van der Waals surface area contributed by atoms with E-state index < -0.39 is 5.82 Å². The van der Waals surface area contributed by atoms with E-state index in [2.05, 4.69) is 31.2 Å². The highest BCUT2D eigenvalue weighted by molar-refractivity contribution is 9.10. The first-order chi connectivity index (χ1) is 9.43. The third-order valence-electron chi connectivity index (χ3n) is 2.87. The van der Waals surface area contributed by atoms with Gasteiger partial charge in [0.25, 0.3) is 0 Å². The van der Waals surface area contributed by atoms with Crippen LogP contribution in [0, 0.1) is 5.82 Å². The molecule has 0 bridgehead atoms. The molecule has 106 valence electrons. The average Bonchev–Trinajstić information content (AvgIpc) is 2.42. The average molecular weight is 340 g/mol. The molecule has 0 fully saturated rings. The molecule has 2 aromatic rings. The molecular formula is C14H15BrFN3O. The predicted molar refractivity (Wildman–Crippen MR) is 80.4 cm³/mol. The third-order valence-corrected chi connectivity index (χ3v) is 3.65. The second-order valence-electron chi connectivity index (χ2n) is 4.67. The van der Waals surface area contributed by atoms with Crippen LogP contribution in [0.5, 0.6) is 5.75 Å². The summed E-state index contributed by atoms with van der Waals surface area (Å²) < 4.78 is 14.3. The maximum atomic E-state index is 13.5. The lowest BCUT2D eigenvalue weighted by atomic mass is 10.1. The van der Waals surface area contributed by atoms with Gasteiger partial charge in [-0.3, -0.25) is 0 Å². The van der Waals surface area contributed by atoms with Gasteiger partial charge in [0.15, 0.2) is 17.4 Å². The van der Waals surface area contributed by atoms with Gasteiger partial charge in [-0.15, -0.1) is 0 Å². The topological polar surface area (TPSA) is 58.0 Å². The van der Waals surface area contributed by atoms with Gasteiger partial charge in [-0.1, -0.05) is 13.8 Å². The summed E-state index contributed by atoms with van der Waals surface area (Å²) in [5, 5.41) is 12.2. The molecule has 2 rings (SSSR count). The number of aromatic nitrogens is 2. The van der Waals surface area contributed by atoms with E-state index in [1.807, 2.05) is 13.8 Å². The van der Waals surface area contributed by atoms with Crippen molar-refractivity contribution in [3.05, 3.63) is 34.2 Å². The summed E-state index contributed by atoms with van der Waals surface area (Å²) in [4.78, 5) is 8.83. The molecule has 0 radical (unpaired) electrons. The van der Waals surface area contributed by atoms with Crippen molar-refractivity contribution in [2.45, 2.75) is 19.8 Å². The molecule has 1 aromatic heterocycles. The molecule has 0 aliphatic heterocycles. The maximum Gasteiger partial charge on any atom is 0.165 e. The molecular weight excluding hydrogens is 325 g/mol. The summed E-state index contributed by atoms with van der Waals surface area (Å²) in [6, 6.07) is 4.11. The normalized spacial score (nSPS) is 10.9. The number of halogens is 2. The van der Waals surface area contributed by atoms with Crippen LogP contribution in [0.15, 0.2) is 22.7 Å². The van der Waals surface area contributed by atoms with E-state index in [-0.39, 0.29) is 11.7 Å². The molecule has 6 heteroatoms. The van der Waals surface area contributed by atoms with Gasteiger partial charge >= 0.3 is 0 Å². The van der Waals surface area contributed by atoms with E-state index in [1.54, 1.807) is 13.1 Å². The zero-order valence-corrected chi connectivity index (χ0v) is 13.0. The van der Waals surface area contributed by atoms with Crippen LogP contribution < -0.4 is 5.32 Å². The Morgan fingerprint density at radius 3 is 2.55 bits per heavy atom. The second-order valence-corrected chi connectivity index (χ2v) is 5.46. The Kier molecular flexibility index (Phi) is 4.23.